The minimum atomic E-state index is -1.75. The van der Waals surface area contributed by atoms with Gasteiger partial charge in [0.15, 0.2) is 8.32 Å². The molecule has 0 aromatic carbocycles. The highest BCUT2D eigenvalue weighted by Gasteiger charge is 2.37. The summed E-state index contributed by atoms with van der Waals surface area (Å²) in [6, 6.07) is 3.87. The summed E-state index contributed by atoms with van der Waals surface area (Å²) in [4.78, 5) is 14.9. The first kappa shape index (κ1) is 15.1. The Bertz CT molecular complexity index is 411. The normalized spacial score (nSPS) is 12.5. The van der Waals surface area contributed by atoms with Gasteiger partial charge < -0.3 is 9.22 Å². The van der Waals surface area contributed by atoms with Gasteiger partial charge in [-0.2, -0.15) is 0 Å². The van der Waals surface area contributed by atoms with Gasteiger partial charge in [-0.25, -0.2) is 0 Å². The van der Waals surface area contributed by atoms with Crippen LogP contribution in [0.25, 0.3) is 0 Å². The molecule has 1 rings (SSSR count). The highest BCUT2D eigenvalue weighted by Crippen LogP contribution is 2.37. The van der Waals surface area contributed by atoms with Gasteiger partial charge in [-0.3, -0.25) is 4.98 Å². The maximum absolute atomic E-state index is 10.6. The second-order valence-electron chi connectivity index (χ2n) is 6.03. The molecule has 18 heavy (non-hydrogen) atoms. The molecular formula is C14H23NO2Si. The van der Waals surface area contributed by atoms with E-state index < -0.39 is 8.32 Å². The number of rotatable bonds is 5. The van der Waals surface area contributed by atoms with E-state index in [0.29, 0.717) is 13.0 Å². The third-order valence-electron chi connectivity index (χ3n) is 3.66. The summed E-state index contributed by atoms with van der Waals surface area (Å²) in [5.74, 6) is 0. The van der Waals surface area contributed by atoms with Crippen molar-refractivity contribution in [2.24, 2.45) is 0 Å². The van der Waals surface area contributed by atoms with E-state index >= 15 is 0 Å². The fraction of sp³-hybridized carbons (Fsp3) is 0.571. The number of pyridine rings is 1. The van der Waals surface area contributed by atoms with Gasteiger partial charge in [-0.1, -0.05) is 26.8 Å². The van der Waals surface area contributed by atoms with Crippen molar-refractivity contribution in [1.82, 2.24) is 4.98 Å². The molecule has 0 aliphatic carbocycles. The van der Waals surface area contributed by atoms with Crippen LogP contribution in [0.3, 0.4) is 0 Å². The lowest BCUT2D eigenvalue weighted by atomic mass is 10.2. The van der Waals surface area contributed by atoms with Gasteiger partial charge in [0.1, 0.15) is 6.29 Å². The van der Waals surface area contributed by atoms with Crippen LogP contribution in [0.15, 0.2) is 18.3 Å². The lowest BCUT2D eigenvalue weighted by molar-refractivity contribution is -0.107. The molecule has 0 N–H and O–H groups in total. The smallest absolute Gasteiger partial charge is 0.192 e. The first-order valence-electron chi connectivity index (χ1n) is 6.28. The molecule has 1 aromatic rings. The predicted molar refractivity (Wildman–Crippen MR) is 76.0 cm³/mol. The van der Waals surface area contributed by atoms with Crippen LogP contribution in [-0.2, 0) is 22.2 Å². The Balaban J connectivity index is 2.77. The van der Waals surface area contributed by atoms with Crippen LogP contribution in [-0.4, -0.2) is 19.6 Å². The topological polar surface area (TPSA) is 39.2 Å². The second-order valence-corrected chi connectivity index (χ2v) is 10.8. The Morgan fingerprint density at radius 3 is 2.61 bits per heavy atom. The fourth-order valence-electron chi connectivity index (χ4n) is 1.34. The van der Waals surface area contributed by atoms with Crippen molar-refractivity contribution in [3.8, 4) is 0 Å². The maximum atomic E-state index is 10.6. The van der Waals surface area contributed by atoms with Crippen molar-refractivity contribution >= 4 is 14.6 Å². The molecule has 0 amide bonds. The number of aldehydes is 1. The first-order valence-corrected chi connectivity index (χ1v) is 9.19. The lowest BCUT2D eigenvalue weighted by Gasteiger charge is -2.36. The molecule has 4 heteroatoms. The molecule has 0 bridgehead atoms. The van der Waals surface area contributed by atoms with E-state index in [1.165, 1.54) is 0 Å². The molecule has 100 valence electrons. The fourth-order valence-corrected chi connectivity index (χ4v) is 2.29. The van der Waals surface area contributed by atoms with Crippen molar-refractivity contribution in [2.45, 2.75) is 51.9 Å². The Morgan fingerprint density at radius 2 is 2.06 bits per heavy atom. The van der Waals surface area contributed by atoms with E-state index in [4.69, 9.17) is 4.43 Å². The average Bonchev–Trinajstić information content (AvgIpc) is 2.27. The van der Waals surface area contributed by atoms with Crippen molar-refractivity contribution in [3.63, 3.8) is 0 Å². The van der Waals surface area contributed by atoms with Crippen LogP contribution < -0.4 is 0 Å². The van der Waals surface area contributed by atoms with E-state index in [1.807, 2.05) is 12.1 Å². The Labute approximate surface area is 111 Å². The summed E-state index contributed by atoms with van der Waals surface area (Å²) in [5.41, 5.74) is 1.85. The number of hydrogen-bond donors (Lipinski definition) is 0. The van der Waals surface area contributed by atoms with Gasteiger partial charge in [0.05, 0.1) is 12.3 Å². The first-order chi connectivity index (χ1) is 8.28. The SMILES string of the molecule is CC(C)(C)[Si](C)(C)OCc1cccnc1CC=O. The number of carbonyl (C=O) groups is 1. The van der Waals surface area contributed by atoms with E-state index in [2.05, 4.69) is 38.8 Å². The molecule has 0 fully saturated rings. The summed E-state index contributed by atoms with van der Waals surface area (Å²) in [6.45, 7) is 11.7. The molecule has 0 atom stereocenters. The van der Waals surface area contributed by atoms with Gasteiger partial charge in [0.25, 0.3) is 0 Å². The summed E-state index contributed by atoms with van der Waals surface area (Å²) < 4.78 is 6.15. The van der Waals surface area contributed by atoms with Crippen LogP contribution in [0, 0.1) is 0 Å². The van der Waals surface area contributed by atoms with Gasteiger partial charge in [-0.15, -0.1) is 0 Å². The van der Waals surface area contributed by atoms with Crippen molar-refractivity contribution < 1.29 is 9.22 Å². The molecule has 0 aliphatic rings. The van der Waals surface area contributed by atoms with Gasteiger partial charge in [0.2, 0.25) is 0 Å². The third kappa shape index (κ3) is 3.75. The summed E-state index contributed by atoms with van der Waals surface area (Å²) in [5, 5.41) is 0.194. The third-order valence-corrected chi connectivity index (χ3v) is 8.13. The zero-order valence-electron chi connectivity index (χ0n) is 12.0. The highest BCUT2D eigenvalue weighted by molar-refractivity contribution is 6.74. The number of hydrogen-bond acceptors (Lipinski definition) is 3. The molecule has 0 unspecified atom stereocenters. The van der Waals surface area contributed by atoms with Crippen molar-refractivity contribution in [2.75, 3.05) is 0 Å². The van der Waals surface area contributed by atoms with E-state index in [1.54, 1.807) is 6.20 Å². The van der Waals surface area contributed by atoms with Gasteiger partial charge in [-0.05, 0) is 29.8 Å². The minimum absolute atomic E-state index is 0.194. The number of aromatic nitrogens is 1. The molecule has 0 spiro atoms. The monoisotopic (exact) mass is 265 g/mol. The average molecular weight is 265 g/mol. The van der Waals surface area contributed by atoms with Crippen LogP contribution >= 0.6 is 0 Å². The summed E-state index contributed by atoms with van der Waals surface area (Å²) in [6.07, 6.45) is 2.96. The molecule has 3 nitrogen and oxygen atoms in total. The molecule has 1 aromatic heterocycles. The van der Waals surface area contributed by atoms with Gasteiger partial charge >= 0.3 is 0 Å². The molecule has 0 saturated heterocycles. The van der Waals surface area contributed by atoms with E-state index in [-0.39, 0.29) is 5.04 Å². The Morgan fingerprint density at radius 1 is 1.39 bits per heavy atom. The van der Waals surface area contributed by atoms with Crippen molar-refractivity contribution in [3.05, 3.63) is 29.6 Å². The van der Waals surface area contributed by atoms with Crippen LogP contribution in [0.2, 0.25) is 18.1 Å². The largest absolute Gasteiger partial charge is 0.412 e. The molecule has 1 heterocycles. The minimum Gasteiger partial charge on any atom is -0.412 e. The predicted octanol–water partition coefficient (Wildman–Crippen LogP) is 3.34. The number of nitrogens with zero attached hydrogens (tertiary/aromatic N) is 1. The Kier molecular flexibility index (Phi) is 4.82. The summed E-state index contributed by atoms with van der Waals surface area (Å²) >= 11 is 0. The molecular weight excluding hydrogens is 242 g/mol. The van der Waals surface area contributed by atoms with Crippen LogP contribution in [0.5, 0.6) is 0 Å². The van der Waals surface area contributed by atoms with Crippen LogP contribution in [0.1, 0.15) is 32.0 Å². The standard InChI is InChI=1S/C14H23NO2Si/c1-14(2,3)18(4,5)17-11-12-7-6-9-15-13(12)8-10-16/h6-7,9-10H,8,11H2,1-5H3. The molecule has 0 radical (unpaired) electrons. The molecule has 0 saturated carbocycles. The number of carbonyl (C=O) groups excluding carboxylic acids is 1. The summed E-state index contributed by atoms with van der Waals surface area (Å²) in [7, 11) is -1.75. The van der Waals surface area contributed by atoms with E-state index in [0.717, 1.165) is 17.5 Å². The zero-order valence-corrected chi connectivity index (χ0v) is 13.0. The highest BCUT2D eigenvalue weighted by atomic mass is 28.4. The van der Waals surface area contributed by atoms with Gasteiger partial charge in [0, 0.05) is 12.6 Å². The second kappa shape index (κ2) is 5.76. The maximum Gasteiger partial charge on any atom is 0.192 e. The van der Waals surface area contributed by atoms with Crippen LogP contribution in [0.4, 0.5) is 0 Å². The Hall–Kier alpha value is -1.00. The van der Waals surface area contributed by atoms with E-state index in [9.17, 15) is 4.79 Å². The molecule has 0 aliphatic heterocycles. The zero-order chi connectivity index (χ0) is 13.8. The lowest BCUT2D eigenvalue weighted by Crippen LogP contribution is -2.40. The van der Waals surface area contributed by atoms with Crippen molar-refractivity contribution in [1.29, 1.82) is 0 Å². The quantitative estimate of drug-likeness (QED) is 0.605.